The number of nitrogens with one attached hydrogen (secondary N) is 1. The fraction of sp³-hybridized carbons (Fsp3) is 0.381. The Labute approximate surface area is 150 Å². The maximum atomic E-state index is 8.84. The number of hydrogen-bond acceptors (Lipinski definition) is 4. The molecule has 0 aliphatic carbocycles. The van der Waals surface area contributed by atoms with Gasteiger partial charge in [0.1, 0.15) is 0 Å². The Hall–Kier alpha value is -2.19. The van der Waals surface area contributed by atoms with E-state index in [2.05, 4.69) is 47.5 Å². The van der Waals surface area contributed by atoms with Gasteiger partial charge in [-0.3, -0.25) is 4.90 Å². The van der Waals surface area contributed by atoms with Gasteiger partial charge < -0.3 is 10.1 Å². The summed E-state index contributed by atoms with van der Waals surface area (Å²) in [5.41, 5.74) is 4.55. The highest BCUT2D eigenvalue weighted by molar-refractivity contribution is 5.31. The topological polar surface area (TPSA) is 48.3 Å². The molecule has 2 aromatic carbocycles. The molecule has 0 amide bonds. The average molecular weight is 335 g/mol. The minimum Gasteiger partial charge on any atom is -0.376 e. The third kappa shape index (κ3) is 5.40. The van der Waals surface area contributed by atoms with Crippen molar-refractivity contribution in [1.29, 1.82) is 5.26 Å². The molecular formula is C21H25N3O. The van der Waals surface area contributed by atoms with Gasteiger partial charge in [0.25, 0.3) is 0 Å². The van der Waals surface area contributed by atoms with E-state index in [1.807, 2.05) is 24.3 Å². The summed E-state index contributed by atoms with van der Waals surface area (Å²) in [5, 5.41) is 12.3. The summed E-state index contributed by atoms with van der Waals surface area (Å²) >= 11 is 0. The first kappa shape index (κ1) is 17.6. The summed E-state index contributed by atoms with van der Waals surface area (Å²) in [4.78, 5) is 2.46. The Balaban J connectivity index is 1.50. The van der Waals surface area contributed by atoms with E-state index in [4.69, 9.17) is 10.00 Å². The molecule has 0 radical (unpaired) electrons. The van der Waals surface area contributed by atoms with Gasteiger partial charge in [-0.2, -0.15) is 5.26 Å². The first-order valence-corrected chi connectivity index (χ1v) is 8.84. The van der Waals surface area contributed by atoms with Crippen LogP contribution in [0.5, 0.6) is 0 Å². The van der Waals surface area contributed by atoms with Crippen LogP contribution in [0.2, 0.25) is 0 Å². The second-order valence-corrected chi connectivity index (χ2v) is 6.65. The quantitative estimate of drug-likeness (QED) is 0.881. The van der Waals surface area contributed by atoms with Crippen molar-refractivity contribution in [2.24, 2.45) is 0 Å². The van der Waals surface area contributed by atoms with Crippen molar-refractivity contribution in [3.8, 4) is 6.07 Å². The largest absolute Gasteiger partial charge is 0.376 e. The summed E-state index contributed by atoms with van der Waals surface area (Å²) in [6.07, 6.45) is 0.325. The van der Waals surface area contributed by atoms with Crippen molar-refractivity contribution in [2.75, 3.05) is 19.7 Å². The van der Waals surface area contributed by atoms with Gasteiger partial charge in [-0.1, -0.05) is 36.4 Å². The molecule has 0 saturated carbocycles. The molecule has 1 N–H and O–H groups in total. The highest BCUT2D eigenvalue weighted by atomic mass is 16.5. The zero-order valence-electron chi connectivity index (χ0n) is 14.7. The van der Waals surface area contributed by atoms with Crippen LogP contribution in [0.25, 0.3) is 0 Å². The first-order chi connectivity index (χ1) is 12.2. The number of hydrogen-bond donors (Lipinski definition) is 1. The Kier molecular flexibility index (Phi) is 6.19. The zero-order valence-corrected chi connectivity index (χ0v) is 14.7. The number of nitriles is 1. The number of benzene rings is 2. The van der Waals surface area contributed by atoms with E-state index in [0.29, 0.717) is 11.7 Å². The van der Waals surface area contributed by atoms with E-state index in [1.54, 1.807) is 0 Å². The second-order valence-electron chi connectivity index (χ2n) is 6.65. The van der Waals surface area contributed by atoms with Crippen molar-refractivity contribution >= 4 is 0 Å². The minimum absolute atomic E-state index is 0.325. The zero-order chi connectivity index (χ0) is 17.5. The molecule has 25 heavy (non-hydrogen) atoms. The van der Waals surface area contributed by atoms with E-state index in [0.717, 1.165) is 39.3 Å². The smallest absolute Gasteiger partial charge is 0.0991 e. The maximum Gasteiger partial charge on any atom is 0.0991 e. The van der Waals surface area contributed by atoms with Gasteiger partial charge in [0, 0.05) is 32.7 Å². The fourth-order valence-corrected chi connectivity index (χ4v) is 3.18. The van der Waals surface area contributed by atoms with E-state index in [-0.39, 0.29) is 0 Å². The third-order valence-corrected chi connectivity index (χ3v) is 4.46. The molecule has 1 fully saturated rings. The molecular weight excluding hydrogens is 310 g/mol. The average Bonchev–Trinajstić information content (AvgIpc) is 2.63. The molecule has 130 valence electrons. The van der Waals surface area contributed by atoms with Gasteiger partial charge >= 0.3 is 0 Å². The van der Waals surface area contributed by atoms with Crippen LogP contribution < -0.4 is 5.32 Å². The molecule has 4 nitrogen and oxygen atoms in total. The van der Waals surface area contributed by atoms with Crippen LogP contribution in [0.4, 0.5) is 0 Å². The summed E-state index contributed by atoms with van der Waals surface area (Å²) in [6.45, 7) is 7.59. The molecule has 0 spiro atoms. The van der Waals surface area contributed by atoms with Gasteiger partial charge in [0.15, 0.2) is 0 Å². The predicted octanol–water partition coefficient (Wildman–Crippen LogP) is 3.07. The number of morpholine rings is 1. The standard InChI is InChI=1S/C21H25N3O/c1-17-15-24(9-10-25-17)16-21-4-2-3-20(11-21)14-23-13-19-7-5-18(12-22)6-8-19/h2-8,11,17,23H,9-10,13-16H2,1H3/t17-/m0/s1. The number of ether oxygens (including phenoxy) is 1. The van der Waals surface area contributed by atoms with Gasteiger partial charge in [-0.15, -0.1) is 0 Å². The SMILES string of the molecule is C[C@H]1CN(Cc2cccc(CNCc3ccc(C#N)cc3)c2)CCO1. The number of rotatable bonds is 6. The Morgan fingerprint density at radius 3 is 2.64 bits per heavy atom. The van der Waals surface area contributed by atoms with Crippen LogP contribution in [0.15, 0.2) is 48.5 Å². The molecule has 2 aromatic rings. The molecule has 1 saturated heterocycles. The van der Waals surface area contributed by atoms with Crippen molar-refractivity contribution < 1.29 is 4.74 Å². The van der Waals surface area contributed by atoms with Crippen LogP contribution in [0.1, 0.15) is 29.2 Å². The lowest BCUT2D eigenvalue weighted by molar-refractivity contribution is -0.0212. The lowest BCUT2D eigenvalue weighted by Gasteiger charge is -2.31. The highest BCUT2D eigenvalue weighted by Crippen LogP contribution is 2.12. The molecule has 1 heterocycles. The summed E-state index contributed by atoms with van der Waals surface area (Å²) in [7, 11) is 0. The molecule has 0 aromatic heterocycles. The van der Waals surface area contributed by atoms with Crippen molar-refractivity contribution in [3.63, 3.8) is 0 Å². The maximum absolute atomic E-state index is 8.84. The van der Waals surface area contributed by atoms with E-state index in [9.17, 15) is 0 Å². The summed E-state index contributed by atoms with van der Waals surface area (Å²) in [5.74, 6) is 0. The van der Waals surface area contributed by atoms with Gasteiger partial charge in [0.05, 0.1) is 24.3 Å². The lowest BCUT2D eigenvalue weighted by atomic mass is 10.1. The molecule has 4 heteroatoms. The van der Waals surface area contributed by atoms with Crippen LogP contribution in [-0.2, 0) is 24.4 Å². The van der Waals surface area contributed by atoms with Crippen LogP contribution in [0.3, 0.4) is 0 Å². The second kappa shape index (κ2) is 8.77. The molecule has 1 aliphatic heterocycles. The number of nitrogens with zero attached hydrogens (tertiary/aromatic N) is 2. The third-order valence-electron chi connectivity index (χ3n) is 4.46. The van der Waals surface area contributed by atoms with Crippen molar-refractivity contribution in [3.05, 3.63) is 70.8 Å². The minimum atomic E-state index is 0.325. The van der Waals surface area contributed by atoms with Crippen LogP contribution in [-0.4, -0.2) is 30.7 Å². The summed E-state index contributed by atoms with van der Waals surface area (Å²) in [6, 6.07) is 18.7. The molecule has 0 unspecified atom stereocenters. The van der Waals surface area contributed by atoms with Crippen molar-refractivity contribution in [2.45, 2.75) is 32.7 Å². The monoisotopic (exact) mass is 335 g/mol. The Morgan fingerprint density at radius 1 is 1.12 bits per heavy atom. The van der Waals surface area contributed by atoms with E-state index >= 15 is 0 Å². The Bertz CT molecular complexity index is 721. The Morgan fingerprint density at radius 2 is 1.88 bits per heavy atom. The molecule has 1 atom stereocenters. The van der Waals surface area contributed by atoms with Gasteiger partial charge in [0.2, 0.25) is 0 Å². The van der Waals surface area contributed by atoms with Gasteiger partial charge in [-0.05, 0) is 35.7 Å². The van der Waals surface area contributed by atoms with E-state index in [1.165, 1.54) is 16.7 Å². The highest BCUT2D eigenvalue weighted by Gasteiger charge is 2.16. The lowest BCUT2D eigenvalue weighted by Crippen LogP contribution is -2.40. The molecule has 3 rings (SSSR count). The molecule has 0 bridgehead atoms. The molecule has 1 aliphatic rings. The van der Waals surface area contributed by atoms with Crippen LogP contribution in [0, 0.1) is 11.3 Å². The van der Waals surface area contributed by atoms with E-state index < -0.39 is 0 Å². The van der Waals surface area contributed by atoms with Crippen LogP contribution >= 0.6 is 0 Å². The van der Waals surface area contributed by atoms with Crippen molar-refractivity contribution in [1.82, 2.24) is 10.2 Å². The normalized spacial score (nSPS) is 18.0. The fourth-order valence-electron chi connectivity index (χ4n) is 3.18. The first-order valence-electron chi connectivity index (χ1n) is 8.84. The summed E-state index contributed by atoms with van der Waals surface area (Å²) < 4.78 is 5.61. The van der Waals surface area contributed by atoms with Gasteiger partial charge in [-0.25, -0.2) is 0 Å². The predicted molar refractivity (Wildman–Crippen MR) is 98.8 cm³/mol.